The van der Waals surface area contributed by atoms with Crippen molar-refractivity contribution in [2.24, 2.45) is 0 Å². The highest BCUT2D eigenvalue weighted by molar-refractivity contribution is 8.00. The van der Waals surface area contributed by atoms with Crippen molar-refractivity contribution in [3.63, 3.8) is 0 Å². The van der Waals surface area contributed by atoms with E-state index in [1.54, 1.807) is 4.90 Å². The Kier molecular flexibility index (Phi) is 6.25. The van der Waals surface area contributed by atoms with Gasteiger partial charge in [0.1, 0.15) is 0 Å². The average Bonchev–Trinajstić information content (AvgIpc) is 2.53. The molecule has 0 unspecified atom stereocenters. The molecule has 1 N–H and O–H groups in total. The molecule has 0 spiro atoms. The summed E-state index contributed by atoms with van der Waals surface area (Å²) in [5.74, 6) is -0.490. The zero-order valence-corrected chi connectivity index (χ0v) is 14.9. The van der Waals surface area contributed by atoms with Crippen LogP contribution in [0.4, 0.5) is 5.69 Å². The topological polar surface area (TPSA) is 75.7 Å². The van der Waals surface area contributed by atoms with Crippen LogP contribution in [0.3, 0.4) is 0 Å². The Morgan fingerprint density at radius 1 is 1.29 bits per heavy atom. The van der Waals surface area contributed by atoms with Crippen molar-refractivity contribution in [3.8, 4) is 0 Å². The van der Waals surface area contributed by atoms with Crippen LogP contribution in [0.15, 0.2) is 29.2 Å². The van der Waals surface area contributed by atoms with Crippen LogP contribution in [-0.4, -0.2) is 42.2 Å². The van der Waals surface area contributed by atoms with Gasteiger partial charge >= 0.3 is 5.97 Å². The Hall–Kier alpha value is -2.02. The zero-order chi connectivity index (χ0) is 17.7. The molecule has 1 aliphatic rings. The lowest BCUT2D eigenvalue weighted by Gasteiger charge is -2.28. The van der Waals surface area contributed by atoms with E-state index in [9.17, 15) is 14.4 Å². The molecule has 7 heteroatoms. The van der Waals surface area contributed by atoms with E-state index in [1.807, 2.05) is 38.1 Å². The van der Waals surface area contributed by atoms with Crippen LogP contribution in [0, 0.1) is 0 Å². The molecule has 1 atom stereocenters. The first-order valence-corrected chi connectivity index (χ1v) is 8.89. The fourth-order valence-electron chi connectivity index (χ4n) is 2.31. The molecular formula is C17H22N2O4S. The summed E-state index contributed by atoms with van der Waals surface area (Å²) in [7, 11) is 0. The van der Waals surface area contributed by atoms with Gasteiger partial charge in [-0.05, 0) is 32.9 Å². The molecule has 0 saturated carbocycles. The van der Waals surface area contributed by atoms with Gasteiger partial charge in [0.15, 0.2) is 6.10 Å². The maximum absolute atomic E-state index is 12.1. The summed E-state index contributed by atoms with van der Waals surface area (Å²) >= 11 is 1.49. The number of hydrogen-bond acceptors (Lipinski definition) is 5. The number of esters is 1. The number of fused-ring (bicyclic) bond motifs is 1. The first kappa shape index (κ1) is 18.3. The molecule has 0 bridgehead atoms. The molecule has 0 aromatic heterocycles. The monoisotopic (exact) mass is 350 g/mol. The minimum absolute atomic E-state index is 0.0152. The predicted octanol–water partition coefficient (Wildman–Crippen LogP) is 1.97. The Morgan fingerprint density at radius 3 is 2.71 bits per heavy atom. The number of para-hydroxylation sites is 1. The Bertz CT molecular complexity index is 633. The lowest BCUT2D eigenvalue weighted by Crippen LogP contribution is -2.40. The van der Waals surface area contributed by atoms with Gasteiger partial charge in [0, 0.05) is 17.5 Å². The van der Waals surface area contributed by atoms with E-state index in [1.165, 1.54) is 18.7 Å². The molecule has 1 aliphatic heterocycles. The van der Waals surface area contributed by atoms with Crippen LogP contribution < -0.4 is 10.2 Å². The summed E-state index contributed by atoms with van der Waals surface area (Å²) < 4.78 is 5.13. The Balaban J connectivity index is 1.90. The van der Waals surface area contributed by atoms with Gasteiger partial charge in [-0.2, -0.15) is 0 Å². The van der Waals surface area contributed by atoms with Crippen molar-refractivity contribution in [2.45, 2.75) is 44.2 Å². The molecular weight excluding hydrogens is 328 g/mol. The summed E-state index contributed by atoms with van der Waals surface area (Å²) in [6, 6.07) is 7.59. The van der Waals surface area contributed by atoms with Gasteiger partial charge in [0.2, 0.25) is 5.91 Å². The number of carbonyl (C=O) groups is 3. The summed E-state index contributed by atoms with van der Waals surface area (Å²) in [6.07, 6.45) is -0.802. The summed E-state index contributed by atoms with van der Waals surface area (Å²) in [6.45, 7) is 5.45. The van der Waals surface area contributed by atoms with Crippen LogP contribution >= 0.6 is 11.8 Å². The first-order valence-electron chi connectivity index (χ1n) is 7.90. The Morgan fingerprint density at radius 2 is 2.00 bits per heavy atom. The number of anilines is 1. The summed E-state index contributed by atoms with van der Waals surface area (Å²) in [5.41, 5.74) is 0.817. The average molecular weight is 350 g/mol. The van der Waals surface area contributed by atoms with Crippen molar-refractivity contribution >= 4 is 35.2 Å². The van der Waals surface area contributed by atoms with Gasteiger partial charge in [-0.15, -0.1) is 11.8 Å². The zero-order valence-electron chi connectivity index (χ0n) is 14.1. The molecule has 1 heterocycles. The predicted molar refractivity (Wildman–Crippen MR) is 93.0 cm³/mol. The van der Waals surface area contributed by atoms with Crippen molar-refractivity contribution in [3.05, 3.63) is 24.3 Å². The number of thioether (sulfide) groups is 1. The van der Waals surface area contributed by atoms with Crippen LogP contribution in [0.1, 0.15) is 27.2 Å². The molecule has 0 fully saturated rings. The molecule has 0 saturated heterocycles. The number of amides is 2. The normalized spacial score (nSPS) is 15.0. The molecule has 130 valence electrons. The fraction of sp³-hybridized carbons (Fsp3) is 0.471. The van der Waals surface area contributed by atoms with Crippen LogP contribution in [0.25, 0.3) is 0 Å². The SMILES string of the molecule is CC(C)NC(=O)[C@@H](C)OC(=O)CCN1C(=O)CSc2ccccc21. The molecule has 0 aliphatic carbocycles. The number of nitrogens with one attached hydrogen (secondary N) is 1. The number of hydrogen-bond donors (Lipinski definition) is 1. The van der Waals surface area contributed by atoms with Crippen LogP contribution in [0.2, 0.25) is 0 Å². The highest BCUT2D eigenvalue weighted by atomic mass is 32.2. The van der Waals surface area contributed by atoms with Gasteiger partial charge in [-0.1, -0.05) is 12.1 Å². The molecule has 1 aromatic rings. The summed E-state index contributed by atoms with van der Waals surface area (Å²) in [5, 5.41) is 2.69. The number of carbonyl (C=O) groups excluding carboxylic acids is 3. The second kappa shape index (κ2) is 8.19. The fourth-order valence-corrected chi connectivity index (χ4v) is 3.25. The number of nitrogens with zero attached hydrogens (tertiary/aromatic N) is 1. The minimum Gasteiger partial charge on any atom is -0.452 e. The van der Waals surface area contributed by atoms with Gasteiger partial charge in [-0.3, -0.25) is 14.4 Å². The third-order valence-electron chi connectivity index (χ3n) is 3.46. The molecule has 2 amide bonds. The Labute approximate surface area is 145 Å². The van der Waals surface area contributed by atoms with Gasteiger partial charge < -0.3 is 15.0 Å². The second-order valence-corrected chi connectivity index (χ2v) is 6.86. The molecule has 0 radical (unpaired) electrons. The van der Waals surface area contributed by atoms with Crippen molar-refractivity contribution in [2.75, 3.05) is 17.2 Å². The van der Waals surface area contributed by atoms with E-state index in [4.69, 9.17) is 4.74 Å². The number of rotatable bonds is 6. The second-order valence-electron chi connectivity index (χ2n) is 5.85. The minimum atomic E-state index is -0.847. The number of benzene rings is 1. The van der Waals surface area contributed by atoms with E-state index >= 15 is 0 Å². The van der Waals surface area contributed by atoms with Gasteiger partial charge in [0.05, 0.1) is 17.9 Å². The smallest absolute Gasteiger partial charge is 0.308 e. The third kappa shape index (κ3) is 4.74. The quantitative estimate of drug-likeness (QED) is 0.794. The van der Waals surface area contributed by atoms with Gasteiger partial charge in [-0.25, -0.2) is 0 Å². The number of ether oxygens (including phenoxy) is 1. The molecule has 2 rings (SSSR count). The highest BCUT2D eigenvalue weighted by Gasteiger charge is 2.25. The lowest BCUT2D eigenvalue weighted by molar-refractivity contribution is -0.154. The van der Waals surface area contributed by atoms with Crippen LogP contribution in [0.5, 0.6) is 0 Å². The van der Waals surface area contributed by atoms with E-state index in [0.717, 1.165) is 10.6 Å². The maximum atomic E-state index is 12.1. The van der Waals surface area contributed by atoms with E-state index < -0.39 is 12.1 Å². The molecule has 6 nitrogen and oxygen atoms in total. The lowest BCUT2D eigenvalue weighted by atomic mass is 10.2. The van der Waals surface area contributed by atoms with E-state index in [0.29, 0.717) is 5.75 Å². The molecule has 24 heavy (non-hydrogen) atoms. The standard InChI is InChI=1S/C17H22N2O4S/c1-11(2)18-17(22)12(3)23-16(21)8-9-19-13-6-4-5-7-14(13)24-10-15(19)20/h4-7,11-12H,8-10H2,1-3H3,(H,18,22)/t12-/m1/s1. The molecule has 1 aromatic carbocycles. The van der Waals surface area contributed by atoms with Gasteiger partial charge in [0.25, 0.3) is 5.91 Å². The van der Waals surface area contributed by atoms with Crippen molar-refractivity contribution in [1.82, 2.24) is 5.32 Å². The first-order chi connectivity index (χ1) is 11.4. The largest absolute Gasteiger partial charge is 0.452 e. The van der Waals surface area contributed by atoms with E-state index in [2.05, 4.69) is 5.32 Å². The van der Waals surface area contributed by atoms with E-state index in [-0.39, 0.29) is 30.8 Å². The van der Waals surface area contributed by atoms with Crippen molar-refractivity contribution in [1.29, 1.82) is 0 Å². The highest BCUT2D eigenvalue weighted by Crippen LogP contribution is 2.34. The van der Waals surface area contributed by atoms with Crippen LogP contribution in [-0.2, 0) is 19.1 Å². The summed E-state index contributed by atoms with van der Waals surface area (Å²) in [4.78, 5) is 38.5. The van der Waals surface area contributed by atoms with Crippen molar-refractivity contribution < 1.29 is 19.1 Å². The third-order valence-corrected chi connectivity index (χ3v) is 4.50. The maximum Gasteiger partial charge on any atom is 0.308 e.